The lowest BCUT2D eigenvalue weighted by Crippen LogP contribution is -2.42. The molecule has 226 valence electrons. The zero-order valence-electron chi connectivity index (χ0n) is 21.9. The third kappa shape index (κ3) is 7.14. The van der Waals surface area contributed by atoms with Crippen molar-refractivity contribution in [2.75, 3.05) is 13.2 Å². The maximum Gasteiger partial charge on any atom is 0.422 e. The van der Waals surface area contributed by atoms with Crippen LogP contribution in [0.1, 0.15) is 40.4 Å². The number of hydrogen-bond acceptors (Lipinski definition) is 5. The van der Waals surface area contributed by atoms with E-state index in [-0.39, 0.29) is 29.0 Å². The summed E-state index contributed by atoms with van der Waals surface area (Å²) in [4.78, 5) is 27.6. The van der Waals surface area contributed by atoms with Gasteiger partial charge in [0.05, 0.1) is 17.2 Å². The first-order valence-electron chi connectivity index (χ1n) is 12.6. The van der Waals surface area contributed by atoms with E-state index in [0.717, 1.165) is 11.0 Å². The van der Waals surface area contributed by atoms with Crippen LogP contribution in [0, 0.1) is 11.3 Å². The molecular formula is C29H21ClF6N2O5. The molecule has 1 aliphatic rings. The maximum atomic E-state index is 14.4. The normalized spacial score (nSPS) is 16.9. The molecule has 0 saturated carbocycles. The Hall–Kier alpha value is -4.44. The van der Waals surface area contributed by atoms with Crippen LogP contribution in [0.4, 0.5) is 26.3 Å². The Morgan fingerprint density at radius 2 is 1.51 bits per heavy atom. The second-order valence-corrected chi connectivity index (χ2v) is 9.88. The highest BCUT2D eigenvalue weighted by Crippen LogP contribution is 2.47. The molecular weight excluding hydrogens is 606 g/mol. The molecule has 0 radical (unpaired) electrons. The van der Waals surface area contributed by atoms with Crippen molar-refractivity contribution < 1.29 is 50.5 Å². The standard InChI is InChI=1S/C29H21ClF6N2O5/c30-20-9-5-4-8-18(20)21-10-11-22(27(40)41)38(21)26(39)23-19(16-6-2-1-3-7-16)12-17(13-37)24(42-14-28(31,32)33)25(23)43-15-29(34,35)36/h1-9,12,21-22H,10-11,14-15H2,(H,40,41). The number of aliphatic carboxylic acids is 1. The highest BCUT2D eigenvalue weighted by molar-refractivity contribution is 6.31. The summed E-state index contributed by atoms with van der Waals surface area (Å²) in [5.74, 6) is -4.73. The van der Waals surface area contributed by atoms with Crippen molar-refractivity contribution >= 4 is 23.5 Å². The number of likely N-dealkylation sites (tertiary alicyclic amines) is 1. The average molecular weight is 627 g/mol. The van der Waals surface area contributed by atoms with Crippen LogP contribution < -0.4 is 9.47 Å². The number of nitrogens with zero attached hydrogens (tertiary/aromatic N) is 2. The minimum atomic E-state index is -5.02. The predicted molar refractivity (Wildman–Crippen MR) is 141 cm³/mol. The third-order valence-corrected chi connectivity index (χ3v) is 6.93. The topological polar surface area (TPSA) is 99.9 Å². The van der Waals surface area contributed by atoms with Gasteiger partial charge in [-0.05, 0) is 41.7 Å². The van der Waals surface area contributed by atoms with Gasteiger partial charge >= 0.3 is 18.3 Å². The molecule has 0 spiro atoms. The van der Waals surface area contributed by atoms with Gasteiger partial charge in [0, 0.05) is 5.02 Å². The van der Waals surface area contributed by atoms with Crippen LogP contribution in [0.2, 0.25) is 5.02 Å². The number of hydrogen-bond donors (Lipinski definition) is 1. The van der Waals surface area contributed by atoms with Gasteiger partial charge < -0.3 is 19.5 Å². The summed E-state index contributed by atoms with van der Waals surface area (Å²) >= 11 is 6.36. The molecule has 4 rings (SSSR count). The lowest BCUT2D eigenvalue weighted by molar-refractivity contribution is -0.158. The van der Waals surface area contributed by atoms with Gasteiger partial charge in [0.1, 0.15) is 12.1 Å². The molecule has 7 nitrogen and oxygen atoms in total. The van der Waals surface area contributed by atoms with Gasteiger partial charge in [-0.25, -0.2) is 4.79 Å². The summed E-state index contributed by atoms with van der Waals surface area (Å²) in [6, 6.07) is 13.9. The first kappa shape index (κ1) is 31.5. The summed E-state index contributed by atoms with van der Waals surface area (Å²) in [6.07, 6.45) is -9.97. The summed E-state index contributed by atoms with van der Waals surface area (Å²) in [7, 11) is 0. The Balaban J connectivity index is 2.03. The van der Waals surface area contributed by atoms with Crippen molar-refractivity contribution in [2.24, 2.45) is 0 Å². The van der Waals surface area contributed by atoms with Crippen molar-refractivity contribution in [1.29, 1.82) is 5.26 Å². The smallest absolute Gasteiger partial charge is 0.422 e. The molecule has 1 heterocycles. The Bertz CT molecular complexity index is 1560. The summed E-state index contributed by atoms with van der Waals surface area (Å²) in [5, 5.41) is 19.9. The van der Waals surface area contributed by atoms with E-state index < -0.39 is 72.2 Å². The van der Waals surface area contributed by atoms with Crippen molar-refractivity contribution in [2.45, 2.75) is 37.3 Å². The molecule has 2 unspecified atom stereocenters. The monoisotopic (exact) mass is 626 g/mol. The van der Waals surface area contributed by atoms with E-state index in [4.69, 9.17) is 21.1 Å². The van der Waals surface area contributed by atoms with Gasteiger partial charge in [0.2, 0.25) is 0 Å². The van der Waals surface area contributed by atoms with Crippen LogP contribution in [0.3, 0.4) is 0 Å². The molecule has 1 N–H and O–H groups in total. The number of nitriles is 1. The van der Waals surface area contributed by atoms with Gasteiger partial charge in [0.25, 0.3) is 5.91 Å². The van der Waals surface area contributed by atoms with Gasteiger partial charge in [-0.1, -0.05) is 60.1 Å². The molecule has 3 aromatic rings. The molecule has 1 saturated heterocycles. The number of alkyl halides is 6. The molecule has 0 aliphatic carbocycles. The van der Waals surface area contributed by atoms with Crippen LogP contribution in [0.25, 0.3) is 11.1 Å². The van der Waals surface area contributed by atoms with Crippen molar-refractivity contribution in [3.05, 3.63) is 82.4 Å². The Labute approximate surface area is 245 Å². The van der Waals surface area contributed by atoms with Crippen molar-refractivity contribution in [3.63, 3.8) is 0 Å². The number of carboxylic acid groups (broad SMARTS) is 1. The second kappa shape index (κ2) is 12.4. The van der Waals surface area contributed by atoms with Gasteiger partial charge in [-0.2, -0.15) is 31.6 Å². The number of benzene rings is 3. The lowest BCUT2D eigenvalue weighted by atomic mass is 9.93. The first-order valence-corrected chi connectivity index (χ1v) is 12.9. The number of amides is 1. The summed E-state index contributed by atoms with van der Waals surface area (Å²) < 4.78 is 89.4. The zero-order valence-corrected chi connectivity index (χ0v) is 22.6. The molecule has 0 bridgehead atoms. The van der Waals surface area contributed by atoms with Crippen LogP contribution in [-0.4, -0.2) is 53.5 Å². The molecule has 43 heavy (non-hydrogen) atoms. The lowest BCUT2D eigenvalue weighted by Gasteiger charge is -2.31. The number of ether oxygens (including phenoxy) is 2. The fraction of sp³-hybridized carbons (Fsp3) is 0.276. The largest absolute Gasteiger partial charge is 0.480 e. The number of halogens is 7. The molecule has 14 heteroatoms. The van der Waals surface area contributed by atoms with Gasteiger partial charge in [0.15, 0.2) is 24.7 Å². The Morgan fingerprint density at radius 1 is 0.930 bits per heavy atom. The fourth-order valence-corrected chi connectivity index (χ4v) is 5.15. The van der Waals surface area contributed by atoms with E-state index in [0.29, 0.717) is 5.56 Å². The molecule has 2 atom stereocenters. The number of carbonyl (C=O) groups is 2. The van der Waals surface area contributed by atoms with Gasteiger partial charge in [-0.3, -0.25) is 4.79 Å². The second-order valence-electron chi connectivity index (χ2n) is 9.47. The fourth-order valence-electron chi connectivity index (χ4n) is 4.89. The quantitative estimate of drug-likeness (QED) is 0.266. The Kier molecular flexibility index (Phi) is 9.10. The highest BCUT2D eigenvalue weighted by Gasteiger charge is 2.45. The van der Waals surface area contributed by atoms with E-state index >= 15 is 0 Å². The number of carbonyl (C=O) groups excluding carboxylic acids is 1. The van der Waals surface area contributed by atoms with Crippen LogP contribution in [0.5, 0.6) is 11.5 Å². The Morgan fingerprint density at radius 3 is 2.07 bits per heavy atom. The van der Waals surface area contributed by atoms with Crippen LogP contribution in [0.15, 0.2) is 60.7 Å². The minimum absolute atomic E-state index is 0.0654. The number of carboxylic acids is 1. The highest BCUT2D eigenvalue weighted by atomic mass is 35.5. The van der Waals surface area contributed by atoms with Crippen LogP contribution in [-0.2, 0) is 4.79 Å². The predicted octanol–water partition coefficient (Wildman–Crippen LogP) is 7.19. The molecule has 1 amide bonds. The first-order chi connectivity index (χ1) is 20.2. The van der Waals surface area contributed by atoms with Crippen LogP contribution >= 0.6 is 11.6 Å². The van der Waals surface area contributed by atoms with E-state index in [1.165, 1.54) is 30.3 Å². The zero-order chi connectivity index (χ0) is 31.5. The van der Waals surface area contributed by atoms with E-state index in [9.17, 15) is 46.3 Å². The minimum Gasteiger partial charge on any atom is -0.480 e. The molecule has 1 fully saturated rings. The SMILES string of the molecule is N#Cc1cc(-c2ccccc2)c(C(=O)N2C(C(=O)O)CCC2c2ccccc2Cl)c(OCC(F)(F)F)c1OCC(F)(F)F. The summed E-state index contributed by atoms with van der Waals surface area (Å²) in [5.41, 5.74) is -1.01. The van der Waals surface area contributed by atoms with E-state index in [2.05, 4.69) is 0 Å². The van der Waals surface area contributed by atoms with E-state index in [1.807, 2.05) is 0 Å². The third-order valence-electron chi connectivity index (χ3n) is 6.58. The van der Waals surface area contributed by atoms with Gasteiger partial charge in [-0.15, -0.1) is 0 Å². The average Bonchev–Trinajstić information content (AvgIpc) is 3.39. The maximum absolute atomic E-state index is 14.4. The van der Waals surface area contributed by atoms with Crippen molar-refractivity contribution in [3.8, 4) is 28.7 Å². The van der Waals surface area contributed by atoms with Crippen molar-refractivity contribution in [1.82, 2.24) is 4.90 Å². The molecule has 3 aromatic carbocycles. The molecule has 1 aliphatic heterocycles. The molecule has 0 aromatic heterocycles. The van der Waals surface area contributed by atoms with E-state index in [1.54, 1.807) is 30.3 Å². The summed E-state index contributed by atoms with van der Waals surface area (Å²) in [6.45, 7) is -4.08. The number of rotatable bonds is 8.